The number of hydrogen-bond acceptors (Lipinski definition) is 5. The first kappa shape index (κ1) is 21.2. The Hall–Kier alpha value is -2.13. The maximum atomic E-state index is 12.6. The third kappa shape index (κ3) is 5.43. The van der Waals surface area contributed by atoms with E-state index in [1.807, 2.05) is 0 Å². The van der Waals surface area contributed by atoms with Crippen molar-refractivity contribution in [3.8, 4) is 5.75 Å². The summed E-state index contributed by atoms with van der Waals surface area (Å²) >= 11 is 6.06. The molecule has 0 fully saturated rings. The summed E-state index contributed by atoms with van der Waals surface area (Å²) in [5.41, 5.74) is 1.36. The number of halogens is 1. The van der Waals surface area contributed by atoms with Crippen LogP contribution in [-0.2, 0) is 14.8 Å². The SMILES string of the molecule is COCCNS(=O)(=O)c1ccc(C)c(C(=O)Nc2ccc(OC)c(Cl)c2)c1. The summed E-state index contributed by atoms with van der Waals surface area (Å²) in [6.45, 7) is 2.11. The van der Waals surface area contributed by atoms with Gasteiger partial charge in [0.15, 0.2) is 0 Å². The summed E-state index contributed by atoms with van der Waals surface area (Å²) in [4.78, 5) is 12.6. The number of ether oxygens (including phenoxy) is 2. The Morgan fingerprint density at radius 2 is 1.89 bits per heavy atom. The van der Waals surface area contributed by atoms with Gasteiger partial charge in [-0.15, -0.1) is 0 Å². The van der Waals surface area contributed by atoms with Crippen molar-refractivity contribution in [2.75, 3.05) is 32.7 Å². The van der Waals surface area contributed by atoms with Crippen LogP contribution in [0.15, 0.2) is 41.3 Å². The van der Waals surface area contributed by atoms with E-state index in [1.54, 1.807) is 31.2 Å². The molecule has 0 heterocycles. The van der Waals surface area contributed by atoms with Crippen molar-refractivity contribution >= 4 is 33.2 Å². The number of amides is 1. The molecule has 1 amide bonds. The summed E-state index contributed by atoms with van der Waals surface area (Å²) in [6.07, 6.45) is 0. The summed E-state index contributed by atoms with van der Waals surface area (Å²) in [5.74, 6) is 0.0451. The van der Waals surface area contributed by atoms with Gasteiger partial charge >= 0.3 is 0 Å². The monoisotopic (exact) mass is 412 g/mol. The molecule has 9 heteroatoms. The minimum Gasteiger partial charge on any atom is -0.495 e. The van der Waals surface area contributed by atoms with Gasteiger partial charge in [-0.25, -0.2) is 13.1 Å². The number of aryl methyl sites for hydroxylation is 1. The number of rotatable bonds is 8. The Kier molecular flexibility index (Phi) is 7.20. The Morgan fingerprint density at radius 1 is 1.15 bits per heavy atom. The van der Waals surface area contributed by atoms with Crippen molar-refractivity contribution in [2.24, 2.45) is 0 Å². The highest BCUT2D eigenvalue weighted by atomic mass is 35.5. The molecule has 2 N–H and O–H groups in total. The number of nitrogens with one attached hydrogen (secondary N) is 2. The summed E-state index contributed by atoms with van der Waals surface area (Å²) in [6, 6.07) is 9.20. The first-order valence-corrected chi connectivity index (χ1v) is 9.88. The number of anilines is 1. The smallest absolute Gasteiger partial charge is 0.255 e. The third-order valence-corrected chi connectivity index (χ3v) is 5.53. The normalized spacial score (nSPS) is 11.3. The van der Waals surface area contributed by atoms with E-state index in [0.29, 0.717) is 22.0 Å². The molecule has 2 aromatic rings. The van der Waals surface area contributed by atoms with Gasteiger partial charge < -0.3 is 14.8 Å². The minimum atomic E-state index is -3.74. The van der Waals surface area contributed by atoms with E-state index in [9.17, 15) is 13.2 Å². The lowest BCUT2D eigenvalue weighted by molar-refractivity contribution is 0.102. The van der Waals surface area contributed by atoms with Crippen LogP contribution in [0.4, 0.5) is 5.69 Å². The van der Waals surface area contributed by atoms with E-state index in [1.165, 1.54) is 26.4 Å². The molecule has 2 aromatic carbocycles. The van der Waals surface area contributed by atoms with Crippen LogP contribution in [0.2, 0.25) is 5.02 Å². The van der Waals surface area contributed by atoms with E-state index < -0.39 is 15.9 Å². The predicted octanol–water partition coefficient (Wildman–Crippen LogP) is 2.83. The molecule has 0 aliphatic carbocycles. The van der Waals surface area contributed by atoms with E-state index in [4.69, 9.17) is 21.1 Å². The first-order chi connectivity index (χ1) is 12.8. The first-order valence-electron chi connectivity index (χ1n) is 8.02. The van der Waals surface area contributed by atoms with Crippen molar-refractivity contribution in [1.82, 2.24) is 4.72 Å². The summed E-state index contributed by atoms with van der Waals surface area (Å²) < 4.78 is 37.0. The van der Waals surface area contributed by atoms with Crippen LogP contribution in [0.1, 0.15) is 15.9 Å². The number of carbonyl (C=O) groups is 1. The highest BCUT2D eigenvalue weighted by molar-refractivity contribution is 7.89. The lowest BCUT2D eigenvalue weighted by Crippen LogP contribution is -2.27. The average Bonchev–Trinajstić information content (AvgIpc) is 2.62. The Labute approximate surface area is 163 Å². The van der Waals surface area contributed by atoms with Crippen LogP contribution in [0, 0.1) is 6.92 Å². The van der Waals surface area contributed by atoms with Gasteiger partial charge in [-0.05, 0) is 42.8 Å². The fraction of sp³-hybridized carbons (Fsp3) is 0.278. The van der Waals surface area contributed by atoms with Crippen LogP contribution in [0.5, 0.6) is 5.75 Å². The number of methoxy groups -OCH3 is 2. The second-order valence-corrected chi connectivity index (χ2v) is 7.84. The van der Waals surface area contributed by atoms with Crippen LogP contribution in [0.3, 0.4) is 0 Å². The zero-order valence-corrected chi connectivity index (χ0v) is 16.8. The lowest BCUT2D eigenvalue weighted by atomic mass is 10.1. The minimum absolute atomic E-state index is 0.00196. The molecule has 0 unspecified atom stereocenters. The second kappa shape index (κ2) is 9.18. The Morgan fingerprint density at radius 3 is 2.52 bits per heavy atom. The molecule has 0 bridgehead atoms. The summed E-state index contributed by atoms with van der Waals surface area (Å²) in [7, 11) is -0.766. The molecule has 2 rings (SSSR count). The van der Waals surface area contributed by atoms with Crippen LogP contribution >= 0.6 is 11.6 Å². The molecule has 0 spiro atoms. The number of carbonyl (C=O) groups excluding carboxylic acids is 1. The maximum Gasteiger partial charge on any atom is 0.255 e. The van der Waals surface area contributed by atoms with E-state index in [-0.39, 0.29) is 23.6 Å². The molecular formula is C18H21ClN2O5S. The predicted molar refractivity (Wildman–Crippen MR) is 104 cm³/mol. The van der Waals surface area contributed by atoms with E-state index in [0.717, 1.165) is 0 Å². The molecule has 7 nitrogen and oxygen atoms in total. The molecule has 146 valence electrons. The topological polar surface area (TPSA) is 93.7 Å². The van der Waals surface area contributed by atoms with Gasteiger partial charge in [0, 0.05) is 24.9 Å². The second-order valence-electron chi connectivity index (χ2n) is 5.67. The van der Waals surface area contributed by atoms with Crippen molar-refractivity contribution in [1.29, 1.82) is 0 Å². The van der Waals surface area contributed by atoms with Gasteiger partial charge in [0.25, 0.3) is 5.91 Å². The molecule has 0 saturated heterocycles. The van der Waals surface area contributed by atoms with Gasteiger partial charge in [0.05, 0.1) is 23.6 Å². The van der Waals surface area contributed by atoms with Crippen molar-refractivity contribution < 1.29 is 22.7 Å². The number of hydrogen-bond donors (Lipinski definition) is 2. The fourth-order valence-corrected chi connectivity index (χ4v) is 3.61. The molecule has 0 aliphatic rings. The highest BCUT2D eigenvalue weighted by Crippen LogP contribution is 2.27. The van der Waals surface area contributed by atoms with Gasteiger partial charge in [-0.1, -0.05) is 17.7 Å². The lowest BCUT2D eigenvalue weighted by Gasteiger charge is -2.12. The zero-order chi connectivity index (χ0) is 20.0. The van der Waals surface area contributed by atoms with Gasteiger partial charge in [-0.3, -0.25) is 4.79 Å². The molecule has 0 aromatic heterocycles. The van der Waals surface area contributed by atoms with E-state index in [2.05, 4.69) is 10.0 Å². The third-order valence-electron chi connectivity index (χ3n) is 3.77. The summed E-state index contributed by atoms with van der Waals surface area (Å²) in [5, 5.41) is 3.06. The van der Waals surface area contributed by atoms with Crippen LogP contribution < -0.4 is 14.8 Å². The van der Waals surface area contributed by atoms with Crippen molar-refractivity contribution in [2.45, 2.75) is 11.8 Å². The Bertz CT molecular complexity index is 931. The van der Waals surface area contributed by atoms with Crippen molar-refractivity contribution in [3.05, 3.63) is 52.5 Å². The van der Waals surface area contributed by atoms with Gasteiger partial charge in [-0.2, -0.15) is 0 Å². The molecule has 0 radical (unpaired) electrons. The molecule has 0 saturated carbocycles. The molecule has 27 heavy (non-hydrogen) atoms. The number of sulfonamides is 1. The average molecular weight is 413 g/mol. The largest absolute Gasteiger partial charge is 0.495 e. The van der Waals surface area contributed by atoms with Crippen LogP contribution in [-0.4, -0.2) is 41.7 Å². The highest BCUT2D eigenvalue weighted by Gasteiger charge is 2.18. The van der Waals surface area contributed by atoms with E-state index >= 15 is 0 Å². The standard InChI is InChI=1S/C18H21ClN2O5S/c1-12-4-6-14(27(23,24)20-8-9-25-2)11-15(12)18(22)21-13-5-7-17(26-3)16(19)10-13/h4-7,10-11,20H,8-9H2,1-3H3,(H,21,22). The quantitative estimate of drug-likeness (QED) is 0.650. The van der Waals surface area contributed by atoms with Gasteiger partial charge in [0.1, 0.15) is 5.75 Å². The molecule has 0 aliphatic heterocycles. The molecular weight excluding hydrogens is 392 g/mol. The van der Waals surface area contributed by atoms with Gasteiger partial charge in [0.2, 0.25) is 10.0 Å². The number of benzene rings is 2. The van der Waals surface area contributed by atoms with Crippen molar-refractivity contribution in [3.63, 3.8) is 0 Å². The zero-order valence-electron chi connectivity index (χ0n) is 15.2. The van der Waals surface area contributed by atoms with Crippen LogP contribution in [0.25, 0.3) is 0 Å². The fourth-order valence-electron chi connectivity index (χ4n) is 2.32. The Balaban J connectivity index is 2.24. The maximum absolute atomic E-state index is 12.6. The molecule has 0 atom stereocenters.